The topological polar surface area (TPSA) is 140 Å². The first-order valence-electron chi connectivity index (χ1n) is 7.75. The Hall–Kier alpha value is 0.982. The Bertz CT molecular complexity index is 372. The Labute approximate surface area is 162 Å². The van der Waals surface area contributed by atoms with Crippen molar-refractivity contribution >= 4 is 22.8 Å². The van der Waals surface area contributed by atoms with Gasteiger partial charge >= 0.3 is 22.8 Å². The Kier molecular flexibility index (Phi) is 24.6. The molecule has 0 aromatic rings. The van der Waals surface area contributed by atoms with Crippen LogP contribution in [0.15, 0.2) is 0 Å². The van der Waals surface area contributed by atoms with E-state index in [0.717, 1.165) is 0 Å². The van der Waals surface area contributed by atoms with Crippen molar-refractivity contribution in [3.8, 4) is 0 Å². The zero-order valence-electron chi connectivity index (χ0n) is 15.8. The van der Waals surface area contributed by atoms with Crippen LogP contribution in [0.1, 0.15) is 41.5 Å². The third-order valence-electron chi connectivity index (χ3n) is 2.19. The van der Waals surface area contributed by atoms with Crippen molar-refractivity contribution in [3.63, 3.8) is 0 Å². The molecule has 0 aromatic heterocycles. The van der Waals surface area contributed by atoms with Gasteiger partial charge in [0.2, 0.25) is 0 Å². The van der Waals surface area contributed by atoms with Crippen LogP contribution in [0.25, 0.3) is 0 Å². The standard InChI is InChI=1S/3C4H11O3P.Cr/c3*1-3-7-8(5,6)4-2;/h3*3-4H2,1-2H3,(H,5,6);. The molecular formula is C12H33CrO9P3. The summed E-state index contributed by atoms with van der Waals surface area (Å²) in [7, 11) is -9.52. The van der Waals surface area contributed by atoms with Crippen molar-refractivity contribution in [1.29, 1.82) is 0 Å². The van der Waals surface area contributed by atoms with Gasteiger partial charge in [0.15, 0.2) is 0 Å². The molecule has 0 heterocycles. The second-order valence-corrected chi connectivity index (χ2v) is 10.6. The summed E-state index contributed by atoms with van der Waals surface area (Å²) in [6, 6.07) is 0. The smallest absolute Gasteiger partial charge is 0.324 e. The van der Waals surface area contributed by atoms with Crippen LogP contribution in [-0.4, -0.2) is 53.0 Å². The van der Waals surface area contributed by atoms with Crippen LogP contribution in [0.2, 0.25) is 0 Å². The van der Waals surface area contributed by atoms with Crippen molar-refractivity contribution in [3.05, 3.63) is 0 Å². The molecule has 0 saturated heterocycles. The van der Waals surface area contributed by atoms with Gasteiger partial charge in [-0.05, 0) is 20.8 Å². The molecule has 0 rings (SSSR count). The van der Waals surface area contributed by atoms with Crippen LogP contribution in [0.4, 0.5) is 0 Å². The van der Waals surface area contributed by atoms with Gasteiger partial charge < -0.3 is 28.3 Å². The molecule has 25 heavy (non-hydrogen) atoms. The molecule has 0 fully saturated rings. The van der Waals surface area contributed by atoms with E-state index in [9.17, 15) is 13.7 Å². The quantitative estimate of drug-likeness (QED) is 0.434. The number of hydrogen-bond donors (Lipinski definition) is 3. The molecular weight excluding hydrogens is 433 g/mol. The van der Waals surface area contributed by atoms with Crippen LogP contribution < -0.4 is 0 Å². The largest absolute Gasteiger partial charge is 0.327 e. The molecule has 9 nitrogen and oxygen atoms in total. The summed E-state index contributed by atoms with van der Waals surface area (Å²) in [5, 5.41) is 0. The minimum absolute atomic E-state index is 0. The Morgan fingerprint density at radius 2 is 0.720 bits per heavy atom. The maximum absolute atomic E-state index is 10.5. The molecule has 0 aromatic carbocycles. The van der Waals surface area contributed by atoms with Gasteiger partial charge in [0.25, 0.3) is 0 Å². The molecule has 3 atom stereocenters. The van der Waals surface area contributed by atoms with Crippen molar-refractivity contribution in [2.75, 3.05) is 38.3 Å². The minimum atomic E-state index is -3.17. The van der Waals surface area contributed by atoms with Crippen LogP contribution in [0.5, 0.6) is 0 Å². The van der Waals surface area contributed by atoms with E-state index in [2.05, 4.69) is 13.6 Å². The average molecular weight is 466 g/mol. The number of rotatable bonds is 9. The third-order valence-corrected chi connectivity index (χ3v) is 6.57. The molecule has 156 valence electrons. The van der Waals surface area contributed by atoms with Crippen molar-refractivity contribution < 1.29 is 59.3 Å². The molecule has 0 aliphatic heterocycles. The van der Waals surface area contributed by atoms with E-state index in [-0.39, 0.29) is 35.8 Å². The molecule has 13 heteroatoms. The van der Waals surface area contributed by atoms with Crippen molar-refractivity contribution in [2.45, 2.75) is 41.5 Å². The maximum Gasteiger partial charge on any atom is 0.327 e. The van der Waals surface area contributed by atoms with E-state index in [4.69, 9.17) is 14.7 Å². The zero-order valence-corrected chi connectivity index (χ0v) is 19.7. The van der Waals surface area contributed by atoms with E-state index < -0.39 is 22.8 Å². The molecule has 0 amide bonds. The van der Waals surface area contributed by atoms with Gasteiger partial charge in [-0.25, -0.2) is 0 Å². The van der Waals surface area contributed by atoms with Gasteiger partial charge in [-0.15, -0.1) is 0 Å². The second kappa shape index (κ2) is 18.4. The SMILES string of the molecule is CCOP(=O)(O)CC.CCOP(=O)(O)CC.CCOP(=O)(O)CC.[Cr]. The summed E-state index contributed by atoms with van der Waals surface area (Å²) in [5.41, 5.74) is 0. The third kappa shape index (κ3) is 27.3. The molecule has 3 unspecified atom stereocenters. The summed E-state index contributed by atoms with van der Waals surface area (Å²) in [5.74, 6) is 0. The van der Waals surface area contributed by atoms with Gasteiger partial charge in [0.05, 0.1) is 19.8 Å². The molecule has 0 radical (unpaired) electrons. The van der Waals surface area contributed by atoms with Gasteiger partial charge in [0, 0.05) is 35.8 Å². The van der Waals surface area contributed by atoms with Crippen LogP contribution in [0, 0.1) is 0 Å². The summed E-state index contributed by atoms with van der Waals surface area (Å²) < 4.78 is 45.0. The predicted octanol–water partition coefficient (Wildman–Crippen LogP) is 3.68. The molecule has 0 bridgehead atoms. The average Bonchev–Trinajstić information content (AvgIpc) is 2.48. The molecule has 0 spiro atoms. The normalized spacial score (nSPS) is 17.2. The summed E-state index contributed by atoms with van der Waals surface area (Å²) in [6.45, 7) is 10.9. The first-order chi connectivity index (χ1) is 10.9. The minimum Gasteiger partial charge on any atom is -0.324 e. The van der Waals surface area contributed by atoms with E-state index in [1.807, 2.05) is 0 Å². The fourth-order valence-electron chi connectivity index (χ4n) is 0.879. The predicted molar refractivity (Wildman–Crippen MR) is 96.0 cm³/mol. The monoisotopic (exact) mass is 466 g/mol. The first-order valence-corrected chi connectivity index (χ1v) is 13.0. The van der Waals surface area contributed by atoms with Crippen LogP contribution >= 0.6 is 22.8 Å². The van der Waals surface area contributed by atoms with E-state index in [1.54, 1.807) is 41.5 Å². The fourth-order valence-corrected chi connectivity index (χ4v) is 2.64. The van der Waals surface area contributed by atoms with E-state index in [1.165, 1.54) is 0 Å². The van der Waals surface area contributed by atoms with Gasteiger partial charge in [-0.2, -0.15) is 0 Å². The Morgan fingerprint density at radius 1 is 0.560 bits per heavy atom. The van der Waals surface area contributed by atoms with E-state index in [0.29, 0.717) is 19.8 Å². The molecule has 0 aliphatic carbocycles. The second-order valence-electron chi connectivity index (χ2n) is 4.11. The molecule has 0 aliphatic rings. The van der Waals surface area contributed by atoms with Crippen LogP contribution in [-0.2, 0) is 44.6 Å². The summed E-state index contributed by atoms with van der Waals surface area (Å²) in [6.07, 6.45) is 0.586. The van der Waals surface area contributed by atoms with Gasteiger partial charge in [0.1, 0.15) is 0 Å². The zero-order chi connectivity index (χ0) is 19.9. The molecule has 0 saturated carbocycles. The maximum atomic E-state index is 10.5. The summed E-state index contributed by atoms with van der Waals surface area (Å²) in [4.78, 5) is 26.0. The molecule has 3 N–H and O–H groups in total. The Morgan fingerprint density at radius 3 is 0.760 bits per heavy atom. The van der Waals surface area contributed by atoms with Gasteiger partial charge in [-0.1, -0.05) is 20.8 Å². The summed E-state index contributed by atoms with van der Waals surface area (Å²) >= 11 is 0. The van der Waals surface area contributed by atoms with Crippen LogP contribution in [0.3, 0.4) is 0 Å². The Balaban J connectivity index is -0.000000130. The van der Waals surface area contributed by atoms with Gasteiger partial charge in [-0.3, -0.25) is 13.7 Å². The first kappa shape index (κ1) is 33.6. The van der Waals surface area contributed by atoms with Crippen molar-refractivity contribution in [1.82, 2.24) is 0 Å². The van der Waals surface area contributed by atoms with E-state index >= 15 is 0 Å². The fraction of sp³-hybridized carbons (Fsp3) is 1.00. The number of hydrogen-bond acceptors (Lipinski definition) is 6. The van der Waals surface area contributed by atoms with Crippen molar-refractivity contribution in [2.24, 2.45) is 0 Å².